The van der Waals surface area contributed by atoms with Crippen molar-refractivity contribution in [2.75, 3.05) is 6.54 Å². The van der Waals surface area contributed by atoms with Crippen LogP contribution >= 0.6 is 11.3 Å². The van der Waals surface area contributed by atoms with Crippen molar-refractivity contribution in [2.24, 2.45) is 17.6 Å². The van der Waals surface area contributed by atoms with Gasteiger partial charge in [0.1, 0.15) is 5.01 Å². The summed E-state index contributed by atoms with van der Waals surface area (Å²) in [5.41, 5.74) is 6.69. The number of amides is 1. The minimum Gasteiger partial charge on any atom is -0.350 e. The first-order valence-electron chi connectivity index (χ1n) is 6.39. The first-order chi connectivity index (χ1) is 8.51. The molecule has 1 amide bonds. The lowest BCUT2D eigenvalue weighted by atomic mass is 9.94. The highest BCUT2D eigenvalue weighted by molar-refractivity contribution is 7.09. The number of carbonyl (C=O) groups is 1. The van der Waals surface area contributed by atoms with E-state index in [1.807, 2.05) is 12.3 Å². The van der Waals surface area contributed by atoms with Crippen LogP contribution in [0, 0.1) is 18.8 Å². The molecule has 0 aliphatic carbocycles. The fourth-order valence-electron chi connectivity index (χ4n) is 1.92. The molecule has 1 heterocycles. The number of nitrogens with one attached hydrogen (secondary N) is 1. The van der Waals surface area contributed by atoms with Crippen LogP contribution in [0.15, 0.2) is 5.38 Å². The summed E-state index contributed by atoms with van der Waals surface area (Å²) in [6.45, 7) is 7.35. The molecule has 0 saturated carbocycles. The topological polar surface area (TPSA) is 68.0 Å². The summed E-state index contributed by atoms with van der Waals surface area (Å²) in [5, 5.41) is 5.85. The second-order valence-corrected chi connectivity index (χ2v) is 6.04. The Morgan fingerprint density at radius 1 is 1.56 bits per heavy atom. The van der Waals surface area contributed by atoms with Crippen molar-refractivity contribution in [1.82, 2.24) is 10.3 Å². The maximum absolute atomic E-state index is 11.8. The molecule has 1 rings (SSSR count). The van der Waals surface area contributed by atoms with E-state index in [1.54, 1.807) is 11.3 Å². The van der Waals surface area contributed by atoms with Gasteiger partial charge in [-0.05, 0) is 31.7 Å². The third-order valence-corrected chi connectivity index (χ3v) is 3.68. The molecule has 1 atom stereocenters. The van der Waals surface area contributed by atoms with Crippen LogP contribution in [0.2, 0.25) is 0 Å². The Balaban J connectivity index is 2.32. The molecule has 5 heteroatoms. The van der Waals surface area contributed by atoms with Crippen molar-refractivity contribution in [3.05, 3.63) is 16.1 Å². The van der Waals surface area contributed by atoms with Gasteiger partial charge in [-0.15, -0.1) is 11.3 Å². The van der Waals surface area contributed by atoms with Crippen LogP contribution in [0.25, 0.3) is 0 Å². The van der Waals surface area contributed by atoms with E-state index in [2.05, 4.69) is 24.1 Å². The summed E-state index contributed by atoms with van der Waals surface area (Å²) >= 11 is 1.58. The van der Waals surface area contributed by atoms with Crippen molar-refractivity contribution in [3.8, 4) is 0 Å². The number of hydrogen-bond acceptors (Lipinski definition) is 4. The predicted octanol–water partition coefficient (Wildman–Crippen LogP) is 2.08. The maximum atomic E-state index is 11.8. The van der Waals surface area contributed by atoms with E-state index in [4.69, 9.17) is 5.73 Å². The van der Waals surface area contributed by atoms with Gasteiger partial charge < -0.3 is 11.1 Å². The normalized spacial score (nSPS) is 12.7. The van der Waals surface area contributed by atoms with Gasteiger partial charge in [-0.2, -0.15) is 0 Å². The fourth-order valence-corrected chi connectivity index (χ4v) is 2.63. The largest absolute Gasteiger partial charge is 0.350 e. The highest BCUT2D eigenvalue weighted by atomic mass is 32.1. The number of aryl methyl sites for hydroxylation is 1. The molecule has 0 bridgehead atoms. The molecule has 0 aliphatic heterocycles. The minimum atomic E-state index is 0.0685. The van der Waals surface area contributed by atoms with Crippen LogP contribution < -0.4 is 11.1 Å². The van der Waals surface area contributed by atoms with Crippen LogP contribution in [-0.2, 0) is 11.3 Å². The van der Waals surface area contributed by atoms with Crippen molar-refractivity contribution in [3.63, 3.8) is 0 Å². The van der Waals surface area contributed by atoms with Gasteiger partial charge in [-0.1, -0.05) is 13.8 Å². The van der Waals surface area contributed by atoms with Crippen LogP contribution in [0.5, 0.6) is 0 Å². The van der Waals surface area contributed by atoms with Crippen molar-refractivity contribution in [1.29, 1.82) is 0 Å². The molecule has 0 spiro atoms. The number of nitrogens with two attached hydrogens (primary N) is 1. The number of nitrogens with zero attached hydrogens (tertiary/aromatic N) is 1. The smallest absolute Gasteiger partial charge is 0.220 e. The molecule has 1 unspecified atom stereocenters. The van der Waals surface area contributed by atoms with E-state index in [0.29, 0.717) is 25.4 Å². The number of aromatic nitrogens is 1. The van der Waals surface area contributed by atoms with Gasteiger partial charge in [0.05, 0.1) is 6.54 Å². The molecule has 4 nitrogen and oxygen atoms in total. The number of hydrogen-bond donors (Lipinski definition) is 2. The molecule has 0 radical (unpaired) electrons. The maximum Gasteiger partial charge on any atom is 0.220 e. The zero-order chi connectivity index (χ0) is 13.5. The van der Waals surface area contributed by atoms with Crippen molar-refractivity contribution < 1.29 is 4.79 Å². The Labute approximate surface area is 113 Å². The average molecular weight is 269 g/mol. The van der Waals surface area contributed by atoms with Crippen LogP contribution in [-0.4, -0.2) is 17.4 Å². The zero-order valence-corrected chi connectivity index (χ0v) is 12.2. The number of thiazole rings is 1. The molecule has 18 heavy (non-hydrogen) atoms. The molecule has 3 N–H and O–H groups in total. The zero-order valence-electron chi connectivity index (χ0n) is 11.4. The Bertz CT molecular complexity index is 376. The van der Waals surface area contributed by atoms with Gasteiger partial charge >= 0.3 is 0 Å². The molecule has 1 aromatic heterocycles. The Hall–Kier alpha value is -0.940. The van der Waals surface area contributed by atoms with Crippen LogP contribution in [0.3, 0.4) is 0 Å². The van der Waals surface area contributed by atoms with E-state index >= 15 is 0 Å². The minimum absolute atomic E-state index is 0.0685. The lowest BCUT2D eigenvalue weighted by Gasteiger charge is -2.16. The highest BCUT2D eigenvalue weighted by Gasteiger charge is 2.14. The molecule has 0 saturated heterocycles. The first-order valence-corrected chi connectivity index (χ1v) is 7.27. The second kappa shape index (κ2) is 7.48. The standard InChI is InChI=1S/C13H23N3OS/c1-9(2)4-11(6-14)5-12(17)15-7-13-16-10(3)8-18-13/h8-9,11H,4-7,14H2,1-3H3,(H,15,17). The van der Waals surface area contributed by atoms with E-state index in [-0.39, 0.29) is 11.8 Å². The molecule has 0 aromatic carbocycles. The van der Waals surface area contributed by atoms with E-state index in [9.17, 15) is 4.79 Å². The van der Waals surface area contributed by atoms with Gasteiger partial charge in [0, 0.05) is 17.5 Å². The Morgan fingerprint density at radius 3 is 2.78 bits per heavy atom. The summed E-state index contributed by atoms with van der Waals surface area (Å²) in [6.07, 6.45) is 1.51. The molecule has 0 fully saturated rings. The molecular formula is C13H23N3OS. The lowest BCUT2D eigenvalue weighted by Crippen LogP contribution is -2.28. The summed E-state index contributed by atoms with van der Waals surface area (Å²) in [7, 11) is 0. The quantitative estimate of drug-likeness (QED) is 0.796. The third-order valence-electron chi connectivity index (χ3n) is 2.72. The van der Waals surface area contributed by atoms with Gasteiger partial charge in [0.25, 0.3) is 0 Å². The SMILES string of the molecule is Cc1csc(CNC(=O)CC(CN)CC(C)C)n1. The second-order valence-electron chi connectivity index (χ2n) is 5.09. The van der Waals surface area contributed by atoms with E-state index < -0.39 is 0 Å². The van der Waals surface area contributed by atoms with Gasteiger partial charge in [0.2, 0.25) is 5.91 Å². The van der Waals surface area contributed by atoms with Gasteiger partial charge in [0.15, 0.2) is 0 Å². The van der Waals surface area contributed by atoms with Crippen LogP contribution in [0.1, 0.15) is 37.4 Å². The van der Waals surface area contributed by atoms with E-state index in [1.165, 1.54) is 0 Å². The summed E-state index contributed by atoms with van der Waals surface area (Å²) < 4.78 is 0. The Morgan fingerprint density at radius 2 is 2.28 bits per heavy atom. The van der Waals surface area contributed by atoms with Crippen molar-refractivity contribution >= 4 is 17.2 Å². The fraction of sp³-hybridized carbons (Fsp3) is 0.692. The molecule has 102 valence electrons. The van der Waals surface area contributed by atoms with Crippen molar-refractivity contribution in [2.45, 2.75) is 40.2 Å². The van der Waals surface area contributed by atoms with Gasteiger partial charge in [-0.3, -0.25) is 4.79 Å². The third kappa shape index (κ3) is 5.60. The monoisotopic (exact) mass is 269 g/mol. The first kappa shape index (κ1) is 15.1. The predicted molar refractivity (Wildman–Crippen MR) is 75.3 cm³/mol. The molecular weight excluding hydrogens is 246 g/mol. The molecule has 0 aliphatic rings. The molecule has 1 aromatic rings. The van der Waals surface area contributed by atoms with Crippen LogP contribution in [0.4, 0.5) is 0 Å². The summed E-state index contributed by atoms with van der Waals surface area (Å²) in [4.78, 5) is 16.1. The highest BCUT2D eigenvalue weighted by Crippen LogP contribution is 2.14. The number of carbonyl (C=O) groups excluding carboxylic acids is 1. The number of rotatable bonds is 7. The average Bonchev–Trinajstić information content (AvgIpc) is 2.71. The Kier molecular flexibility index (Phi) is 6.29. The summed E-state index contributed by atoms with van der Waals surface area (Å²) in [5.74, 6) is 0.926. The lowest BCUT2D eigenvalue weighted by molar-refractivity contribution is -0.122. The van der Waals surface area contributed by atoms with Gasteiger partial charge in [-0.25, -0.2) is 4.98 Å². The summed E-state index contributed by atoms with van der Waals surface area (Å²) in [6, 6.07) is 0. The van der Waals surface area contributed by atoms with E-state index in [0.717, 1.165) is 17.1 Å².